The van der Waals surface area contributed by atoms with Gasteiger partial charge in [-0.15, -0.1) is 0 Å². The maximum Gasteiger partial charge on any atom is 0.305 e. The van der Waals surface area contributed by atoms with E-state index >= 15 is 0 Å². The number of amides is 1. The van der Waals surface area contributed by atoms with Gasteiger partial charge < -0.3 is 19.3 Å². The third-order valence-electron chi connectivity index (χ3n) is 4.81. The molecule has 6 nitrogen and oxygen atoms in total. The number of nitrogens with zero attached hydrogens (tertiary/aromatic N) is 2. The monoisotopic (exact) mass is 344 g/mol. The average molecular weight is 344 g/mol. The van der Waals surface area contributed by atoms with E-state index in [0.717, 1.165) is 29.3 Å². The van der Waals surface area contributed by atoms with Crippen LogP contribution in [0, 0.1) is 6.92 Å². The number of aryl methyl sites for hydroxylation is 1. The molecule has 1 aromatic carbocycles. The summed E-state index contributed by atoms with van der Waals surface area (Å²) in [6.07, 6.45) is 3.48. The fourth-order valence-corrected chi connectivity index (χ4v) is 3.52. The lowest BCUT2D eigenvalue weighted by molar-refractivity contribution is -0.140. The van der Waals surface area contributed by atoms with Gasteiger partial charge in [0.15, 0.2) is 0 Å². The van der Waals surface area contributed by atoms with E-state index in [9.17, 15) is 9.59 Å². The van der Waals surface area contributed by atoms with E-state index in [2.05, 4.69) is 0 Å². The van der Waals surface area contributed by atoms with Crippen LogP contribution < -0.4 is 0 Å². The lowest BCUT2D eigenvalue weighted by atomic mass is 10.1. The van der Waals surface area contributed by atoms with E-state index in [-0.39, 0.29) is 31.5 Å². The summed E-state index contributed by atoms with van der Waals surface area (Å²) in [6, 6.07) is 8.06. The summed E-state index contributed by atoms with van der Waals surface area (Å²) in [4.78, 5) is 25.7. The Bertz CT molecular complexity index is 762. The van der Waals surface area contributed by atoms with E-state index < -0.39 is 5.97 Å². The molecule has 3 rings (SSSR count). The van der Waals surface area contributed by atoms with Crippen LogP contribution in [-0.2, 0) is 20.9 Å². The Labute approximate surface area is 147 Å². The Balaban J connectivity index is 1.79. The van der Waals surface area contributed by atoms with Crippen molar-refractivity contribution in [3.05, 3.63) is 36.0 Å². The first kappa shape index (κ1) is 17.5. The molecule has 6 heteroatoms. The van der Waals surface area contributed by atoms with Crippen molar-refractivity contribution < 1.29 is 19.4 Å². The van der Waals surface area contributed by atoms with Gasteiger partial charge in [-0.1, -0.05) is 18.2 Å². The number of aliphatic carboxylic acids is 1. The van der Waals surface area contributed by atoms with Crippen molar-refractivity contribution in [2.24, 2.45) is 0 Å². The molecular weight excluding hydrogens is 320 g/mol. The third-order valence-corrected chi connectivity index (χ3v) is 4.81. The number of benzene rings is 1. The summed E-state index contributed by atoms with van der Waals surface area (Å²) in [5, 5.41) is 10.1. The number of hydrogen-bond donors (Lipinski definition) is 1. The summed E-state index contributed by atoms with van der Waals surface area (Å²) < 4.78 is 7.33. The molecule has 134 valence electrons. The zero-order valence-electron chi connectivity index (χ0n) is 14.5. The number of hydrogen-bond acceptors (Lipinski definition) is 3. The van der Waals surface area contributed by atoms with Gasteiger partial charge in [-0.05, 0) is 31.4 Å². The number of para-hydroxylation sites is 1. The number of carbonyl (C=O) groups excluding carboxylic acids is 1. The molecule has 1 aliphatic heterocycles. The number of carboxylic acids is 1. The van der Waals surface area contributed by atoms with Crippen LogP contribution in [-0.4, -0.2) is 52.3 Å². The number of aromatic nitrogens is 1. The lowest BCUT2D eigenvalue weighted by Gasteiger charge is -2.34. The molecule has 0 spiro atoms. The molecule has 1 aliphatic rings. The number of carboxylic acid groups (broad SMARTS) is 1. The normalized spacial score (nSPS) is 15.4. The van der Waals surface area contributed by atoms with Gasteiger partial charge in [-0.25, -0.2) is 0 Å². The molecule has 2 aromatic rings. The van der Waals surface area contributed by atoms with E-state index in [1.165, 1.54) is 0 Å². The molecule has 1 N–H and O–H groups in total. The lowest BCUT2D eigenvalue weighted by Crippen LogP contribution is -2.45. The van der Waals surface area contributed by atoms with Crippen molar-refractivity contribution in [1.29, 1.82) is 0 Å². The van der Waals surface area contributed by atoms with E-state index in [1.807, 2.05) is 42.0 Å². The van der Waals surface area contributed by atoms with E-state index in [0.29, 0.717) is 13.2 Å². The van der Waals surface area contributed by atoms with Crippen molar-refractivity contribution in [1.82, 2.24) is 9.47 Å². The fraction of sp³-hybridized carbons (Fsp3) is 0.474. The van der Waals surface area contributed by atoms with Crippen LogP contribution in [0.4, 0.5) is 0 Å². The van der Waals surface area contributed by atoms with Gasteiger partial charge in [0.1, 0.15) is 6.54 Å². The molecule has 2 heterocycles. The molecule has 0 saturated carbocycles. The smallest absolute Gasteiger partial charge is 0.305 e. The Hall–Kier alpha value is -2.34. The molecule has 25 heavy (non-hydrogen) atoms. The van der Waals surface area contributed by atoms with Gasteiger partial charge in [0.2, 0.25) is 5.91 Å². The first-order valence-corrected chi connectivity index (χ1v) is 8.69. The molecule has 1 fully saturated rings. The largest absolute Gasteiger partial charge is 0.481 e. The first-order chi connectivity index (χ1) is 12.1. The van der Waals surface area contributed by atoms with Crippen molar-refractivity contribution in [3.63, 3.8) is 0 Å². The predicted molar refractivity (Wildman–Crippen MR) is 94.5 cm³/mol. The van der Waals surface area contributed by atoms with Gasteiger partial charge in [0.25, 0.3) is 0 Å². The minimum Gasteiger partial charge on any atom is -0.481 e. The van der Waals surface area contributed by atoms with Crippen molar-refractivity contribution >= 4 is 22.8 Å². The third kappa shape index (κ3) is 4.02. The number of ether oxygens (including phenoxy) is 1. The quantitative estimate of drug-likeness (QED) is 0.874. The molecule has 0 atom stereocenters. The fourth-order valence-electron chi connectivity index (χ4n) is 3.52. The maximum absolute atomic E-state index is 12.9. The van der Waals surface area contributed by atoms with Crippen LogP contribution in [0.2, 0.25) is 0 Å². The standard InChI is InChI=1S/C19H24N2O4/c1-14-12-20(17-5-3-2-4-16(14)17)13-18(22)21(9-6-19(23)24)15-7-10-25-11-8-15/h2-5,12,15H,6-11,13H2,1H3,(H,23,24). The Morgan fingerprint density at radius 3 is 2.72 bits per heavy atom. The van der Waals surface area contributed by atoms with E-state index in [4.69, 9.17) is 9.84 Å². The highest BCUT2D eigenvalue weighted by Crippen LogP contribution is 2.21. The van der Waals surface area contributed by atoms with Crippen LogP contribution in [0.5, 0.6) is 0 Å². The zero-order chi connectivity index (χ0) is 17.8. The molecule has 0 aliphatic carbocycles. The Morgan fingerprint density at radius 2 is 2.00 bits per heavy atom. The second-order valence-electron chi connectivity index (χ2n) is 6.53. The summed E-state index contributed by atoms with van der Waals surface area (Å²) in [7, 11) is 0. The first-order valence-electron chi connectivity index (χ1n) is 8.69. The highest BCUT2D eigenvalue weighted by molar-refractivity contribution is 5.86. The number of carbonyl (C=O) groups is 2. The van der Waals surface area contributed by atoms with Crippen LogP contribution >= 0.6 is 0 Å². The molecule has 0 bridgehead atoms. The van der Waals surface area contributed by atoms with Gasteiger partial charge in [0, 0.05) is 42.9 Å². The Kier molecular flexibility index (Phi) is 5.38. The van der Waals surface area contributed by atoms with E-state index in [1.54, 1.807) is 4.90 Å². The Morgan fingerprint density at radius 1 is 1.28 bits per heavy atom. The average Bonchev–Trinajstić information content (AvgIpc) is 2.92. The number of rotatable bonds is 6. The molecule has 0 radical (unpaired) electrons. The van der Waals surface area contributed by atoms with Crippen molar-refractivity contribution in [2.75, 3.05) is 19.8 Å². The van der Waals surface area contributed by atoms with Gasteiger partial charge in [0.05, 0.1) is 6.42 Å². The molecule has 1 amide bonds. The van der Waals surface area contributed by atoms with Crippen LogP contribution in [0.3, 0.4) is 0 Å². The zero-order valence-corrected chi connectivity index (χ0v) is 14.5. The summed E-state index contributed by atoms with van der Waals surface area (Å²) >= 11 is 0. The van der Waals surface area contributed by atoms with Crippen LogP contribution in [0.15, 0.2) is 30.5 Å². The van der Waals surface area contributed by atoms with Gasteiger partial charge in [-0.2, -0.15) is 0 Å². The SMILES string of the molecule is Cc1cn(CC(=O)N(CCC(=O)O)C2CCOCC2)c2ccccc12. The topological polar surface area (TPSA) is 71.8 Å². The van der Waals surface area contributed by atoms with Gasteiger partial charge >= 0.3 is 5.97 Å². The summed E-state index contributed by atoms with van der Waals surface area (Å²) in [6.45, 7) is 3.74. The van der Waals surface area contributed by atoms with Crippen LogP contribution in [0.1, 0.15) is 24.8 Å². The molecule has 1 aromatic heterocycles. The van der Waals surface area contributed by atoms with Gasteiger partial charge in [-0.3, -0.25) is 9.59 Å². The summed E-state index contributed by atoms with van der Waals surface area (Å²) in [5.74, 6) is -0.916. The molecular formula is C19H24N2O4. The second kappa shape index (κ2) is 7.70. The number of fused-ring (bicyclic) bond motifs is 1. The molecule has 1 saturated heterocycles. The molecule has 0 unspecified atom stereocenters. The highest BCUT2D eigenvalue weighted by Gasteiger charge is 2.26. The van der Waals surface area contributed by atoms with Crippen LogP contribution in [0.25, 0.3) is 10.9 Å². The maximum atomic E-state index is 12.9. The van der Waals surface area contributed by atoms with Crippen molar-refractivity contribution in [3.8, 4) is 0 Å². The summed E-state index contributed by atoms with van der Waals surface area (Å²) in [5.41, 5.74) is 2.16. The second-order valence-corrected chi connectivity index (χ2v) is 6.53. The minimum atomic E-state index is -0.882. The minimum absolute atomic E-state index is 0.0332. The predicted octanol–water partition coefficient (Wildman–Crippen LogP) is 2.43. The highest BCUT2D eigenvalue weighted by atomic mass is 16.5. The van der Waals surface area contributed by atoms with Crippen molar-refractivity contribution in [2.45, 2.75) is 38.8 Å².